The summed E-state index contributed by atoms with van der Waals surface area (Å²) in [7, 11) is 0. The van der Waals surface area contributed by atoms with E-state index in [1.807, 2.05) is 6.92 Å². The number of aromatic amines is 1. The third-order valence-electron chi connectivity index (χ3n) is 4.20. The monoisotopic (exact) mass is 380 g/mol. The SMILES string of the molecule is CCc1nc(-c2cnn([C@@H](C)c3ccc(C(F)(F)F)cc3F)c2)cc(=O)[nH]1. The molecular weight excluding hydrogens is 364 g/mol. The highest BCUT2D eigenvalue weighted by Gasteiger charge is 2.31. The molecule has 1 aromatic carbocycles. The molecule has 3 rings (SSSR count). The fourth-order valence-electron chi connectivity index (χ4n) is 2.69. The minimum absolute atomic E-state index is 0.0748. The fraction of sp³-hybridized carbons (Fsp3) is 0.278. The van der Waals surface area contributed by atoms with Crippen LogP contribution in [0.2, 0.25) is 0 Å². The second kappa shape index (κ2) is 6.98. The predicted molar refractivity (Wildman–Crippen MR) is 90.7 cm³/mol. The van der Waals surface area contributed by atoms with E-state index >= 15 is 0 Å². The van der Waals surface area contributed by atoms with Gasteiger partial charge in [0.2, 0.25) is 0 Å². The van der Waals surface area contributed by atoms with Crippen LogP contribution < -0.4 is 5.56 Å². The van der Waals surface area contributed by atoms with Gasteiger partial charge in [-0.25, -0.2) is 9.37 Å². The minimum atomic E-state index is -4.61. The normalized spacial score (nSPS) is 13.0. The Balaban J connectivity index is 1.93. The average molecular weight is 380 g/mol. The van der Waals surface area contributed by atoms with Crippen LogP contribution >= 0.6 is 0 Å². The highest BCUT2D eigenvalue weighted by molar-refractivity contribution is 5.56. The molecule has 0 spiro atoms. The lowest BCUT2D eigenvalue weighted by molar-refractivity contribution is -0.137. The van der Waals surface area contributed by atoms with Crippen molar-refractivity contribution in [3.63, 3.8) is 0 Å². The third kappa shape index (κ3) is 3.91. The Morgan fingerprint density at radius 2 is 2.00 bits per heavy atom. The number of nitrogens with one attached hydrogen (secondary N) is 1. The molecule has 1 N–H and O–H groups in total. The third-order valence-corrected chi connectivity index (χ3v) is 4.20. The summed E-state index contributed by atoms with van der Waals surface area (Å²) in [5, 5.41) is 4.14. The van der Waals surface area contributed by atoms with E-state index in [4.69, 9.17) is 0 Å². The lowest BCUT2D eigenvalue weighted by Crippen LogP contribution is -2.12. The number of rotatable bonds is 4. The predicted octanol–water partition coefficient (Wildman–Crippen LogP) is 3.96. The van der Waals surface area contributed by atoms with E-state index in [9.17, 15) is 22.4 Å². The van der Waals surface area contributed by atoms with Gasteiger partial charge in [-0.1, -0.05) is 13.0 Å². The summed E-state index contributed by atoms with van der Waals surface area (Å²) in [6.45, 7) is 3.46. The summed E-state index contributed by atoms with van der Waals surface area (Å²) in [4.78, 5) is 18.6. The highest BCUT2D eigenvalue weighted by Crippen LogP contribution is 2.32. The molecular formula is C18H16F4N4O. The van der Waals surface area contributed by atoms with Crippen LogP contribution in [0, 0.1) is 5.82 Å². The van der Waals surface area contributed by atoms with Crippen molar-refractivity contribution in [1.29, 1.82) is 0 Å². The van der Waals surface area contributed by atoms with Gasteiger partial charge < -0.3 is 4.98 Å². The Labute approximate surface area is 151 Å². The largest absolute Gasteiger partial charge is 0.416 e. The molecule has 5 nitrogen and oxygen atoms in total. The molecule has 9 heteroatoms. The quantitative estimate of drug-likeness (QED) is 0.697. The van der Waals surface area contributed by atoms with Crippen molar-refractivity contribution in [2.75, 3.05) is 0 Å². The van der Waals surface area contributed by atoms with E-state index < -0.39 is 23.6 Å². The summed E-state index contributed by atoms with van der Waals surface area (Å²) in [5.41, 5.74) is -0.300. The van der Waals surface area contributed by atoms with Crippen molar-refractivity contribution in [2.24, 2.45) is 0 Å². The molecule has 0 aliphatic rings. The number of hydrogen-bond acceptors (Lipinski definition) is 3. The van der Waals surface area contributed by atoms with Crippen molar-refractivity contribution in [3.8, 4) is 11.3 Å². The van der Waals surface area contributed by atoms with Gasteiger partial charge in [0.15, 0.2) is 0 Å². The summed E-state index contributed by atoms with van der Waals surface area (Å²) in [6.07, 6.45) is -1.02. The smallest absolute Gasteiger partial charge is 0.311 e. The van der Waals surface area contributed by atoms with Crippen LogP contribution in [-0.2, 0) is 12.6 Å². The van der Waals surface area contributed by atoms with Gasteiger partial charge >= 0.3 is 6.18 Å². The molecule has 0 fully saturated rings. The maximum absolute atomic E-state index is 14.2. The molecule has 2 aromatic heterocycles. The molecule has 0 radical (unpaired) electrons. The summed E-state index contributed by atoms with van der Waals surface area (Å²) in [6, 6.07) is 3.09. The van der Waals surface area contributed by atoms with Crippen LogP contribution in [0.15, 0.2) is 41.5 Å². The van der Waals surface area contributed by atoms with Crippen molar-refractivity contribution >= 4 is 0 Å². The molecule has 0 unspecified atom stereocenters. The van der Waals surface area contributed by atoms with E-state index in [0.717, 1.165) is 12.1 Å². The zero-order chi connectivity index (χ0) is 19.8. The summed E-state index contributed by atoms with van der Waals surface area (Å²) < 4.78 is 53.7. The summed E-state index contributed by atoms with van der Waals surface area (Å²) >= 11 is 0. The van der Waals surface area contributed by atoms with Crippen molar-refractivity contribution in [3.05, 3.63) is 69.8 Å². The number of benzene rings is 1. The van der Waals surface area contributed by atoms with Crippen molar-refractivity contribution in [2.45, 2.75) is 32.5 Å². The number of hydrogen-bond donors (Lipinski definition) is 1. The van der Waals surface area contributed by atoms with E-state index in [1.165, 1.54) is 16.9 Å². The van der Waals surface area contributed by atoms with E-state index in [2.05, 4.69) is 15.1 Å². The maximum Gasteiger partial charge on any atom is 0.416 e. The minimum Gasteiger partial charge on any atom is -0.311 e. The van der Waals surface area contributed by atoms with Crippen molar-refractivity contribution in [1.82, 2.24) is 19.7 Å². The number of alkyl halides is 3. The van der Waals surface area contributed by atoms with Gasteiger partial charge in [-0.2, -0.15) is 18.3 Å². The topological polar surface area (TPSA) is 63.6 Å². The maximum atomic E-state index is 14.2. The first-order chi connectivity index (χ1) is 12.7. The first-order valence-electron chi connectivity index (χ1n) is 8.20. The van der Waals surface area contributed by atoms with Gasteiger partial charge in [-0.3, -0.25) is 9.48 Å². The Hall–Kier alpha value is -2.97. The van der Waals surface area contributed by atoms with Crippen LogP contribution in [0.4, 0.5) is 17.6 Å². The standard InChI is InChI=1S/C18H16F4N4O/c1-3-16-24-15(7-17(27)25-16)11-8-23-26(9-11)10(2)13-5-4-12(6-14(13)19)18(20,21)22/h4-10H,3H2,1-2H3,(H,24,25,27)/t10-/m0/s1. The van der Waals surface area contributed by atoms with Crippen molar-refractivity contribution < 1.29 is 17.6 Å². The molecule has 0 saturated heterocycles. The average Bonchev–Trinajstić information content (AvgIpc) is 3.10. The molecule has 27 heavy (non-hydrogen) atoms. The highest BCUT2D eigenvalue weighted by atomic mass is 19.4. The molecule has 142 valence electrons. The molecule has 3 aromatic rings. The summed E-state index contributed by atoms with van der Waals surface area (Å²) in [5.74, 6) is -0.441. The number of nitrogens with zero attached hydrogens (tertiary/aromatic N) is 3. The second-order valence-corrected chi connectivity index (χ2v) is 6.05. The molecule has 0 aliphatic heterocycles. The Bertz CT molecular complexity index is 1020. The number of H-pyrrole nitrogens is 1. The van der Waals surface area contributed by atoms with Gasteiger partial charge in [0.25, 0.3) is 5.56 Å². The zero-order valence-corrected chi connectivity index (χ0v) is 14.5. The number of aryl methyl sites for hydroxylation is 1. The number of halogens is 4. The Morgan fingerprint density at radius 1 is 1.26 bits per heavy atom. The molecule has 0 amide bonds. The van der Waals surface area contributed by atoms with Gasteiger partial charge in [0, 0.05) is 29.8 Å². The van der Waals surface area contributed by atoms with Crippen LogP contribution in [0.5, 0.6) is 0 Å². The van der Waals surface area contributed by atoms with Crippen LogP contribution in [0.25, 0.3) is 11.3 Å². The Kier molecular flexibility index (Phi) is 4.86. The molecule has 1 atom stereocenters. The van der Waals surface area contributed by atoms with Crippen LogP contribution in [-0.4, -0.2) is 19.7 Å². The van der Waals surface area contributed by atoms with E-state index in [0.29, 0.717) is 29.6 Å². The van der Waals surface area contributed by atoms with E-state index in [1.54, 1.807) is 13.1 Å². The molecule has 0 aliphatic carbocycles. The van der Waals surface area contributed by atoms with Gasteiger partial charge in [-0.05, 0) is 19.1 Å². The van der Waals surface area contributed by atoms with Crippen LogP contribution in [0.3, 0.4) is 0 Å². The van der Waals surface area contributed by atoms with E-state index in [-0.39, 0.29) is 11.1 Å². The fourth-order valence-corrected chi connectivity index (χ4v) is 2.69. The number of aromatic nitrogens is 4. The lowest BCUT2D eigenvalue weighted by Gasteiger charge is -2.15. The lowest BCUT2D eigenvalue weighted by atomic mass is 10.0. The van der Waals surface area contributed by atoms with Gasteiger partial charge in [0.05, 0.1) is 23.5 Å². The van der Waals surface area contributed by atoms with Crippen LogP contribution in [0.1, 0.15) is 36.8 Å². The first-order valence-corrected chi connectivity index (χ1v) is 8.20. The van der Waals surface area contributed by atoms with Gasteiger partial charge in [0.1, 0.15) is 11.6 Å². The molecule has 2 heterocycles. The molecule has 0 saturated carbocycles. The van der Waals surface area contributed by atoms with Gasteiger partial charge in [-0.15, -0.1) is 0 Å². The zero-order valence-electron chi connectivity index (χ0n) is 14.5. The Morgan fingerprint density at radius 3 is 2.63 bits per heavy atom. The molecule has 0 bridgehead atoms. The second-order valence-electron chi connectivity index (χ2n) is 6.05. The first kappa shape index (κ1) is 18.8.